The zero-order chi connectivity index (χ0) is 12.8. The molecule has 0 saturated heterocycles. The highest BCUT2D eigenvalue weighted by Crippen LogP contribution is 2.44. The van der Waals surface area contributed by atoms with Gasteiger partial charge in [-0.2, -0.15) is 0 Å². The largest absolute Gasteiger partial charge is 0.479 e. The minimum Gasteiger partial charge on any atom is -0.479 e. The number of aromatic nitrogens is 3. The molecule has 0 radical (unpaired) electrons. The van der Waals surface area contributed by atoms with E-state index in [0.717, 1.165) is 30.9 Å². The quantitative estimate of drug-likeness (QED) is 0.891. The number of nitrogens with zero attached hydrogens (tertiary/aromatic N) is 3. The van der Waals surface area contributed by atoms with Crippen LogP contribution >= 0.6 is 0 Å². The first-order chi connectivity index (χ1) is 8.65. The Labute approximate surface area is 106 Å². The first kappa shape index (κ1) is 11.7. The Bertz CT molecular complexity index is 471. The summed E-state index contributed by atoms with van der Waals surface area (Å²) in [5.41, 5.74) is -0.758. The van der Waals surface area contributed by atoms with E-state index in [1.54, 1.807) is 0 Å². The van der Waals surface area contributed by atoms with Crippen molar-refractivity contribution in [1.29, 1.82) is 0 Å². The average Bonchev–Trinajstić information content (AvgIpc) is 2.87. The standard InChI is InChI=1S/C13H19N3O2/c1-9-14-15-11(10-5-2-3-6-10)16(9)13(12(17)18)7-4-8-13/h10H,2-8H2,1H3,(H,17,18). The molecule has 0 aromatic carbocycles. The Kier molecular flexibility index (Phi) is 2.64. The normalized spacial score (nSPS) is 22.9. The van der Waals surface area contributed by atoms with E-state index in [4.69, 9.17) is 0 Å². The fraction of sp³-hybridized carbons (Fsp3) is 0.769. The van der Waals surface area contributed by atoms with Gasteiger partial charge in [0.25, 0.3) is 0 Å². The lowest BCUT2D eigenvalue weighted by Gasteiger charge is -2.40. The maximum Gasteiger partial charge on any atom is 0.329 e. The van der Waals surface area contributed by atoms with Crippen LogP contribution in [-0.4, -0.2) is 25.8 Å². The van der Waals surface area contributed by atoms with Crippen molar-refractivity contribution in [3.8, 4) is 0 Å². The summed E-state index contributed by atoms with van der Waals surface area (Å²) in [6.07, 6.45) is 7.07. The van der Waals surface area contributed by atoms with Gasteiger partial charge in [0.05, 0.1) is 0 Å². The first-order valence-corrected chi connectivity index (χ1v) is 6.81. The van der Waals surface area contributed by atoms with E-state index < -0.39 is 11.5 Å². The molecule has 5 heteroatoms. The highest BCUT2D eigenvalue weighted by Gasteiger charge is 2.49. The second kappa shape index (κ2) is 4.07. The molecule has 98 valence electrons. The Morgan fingerprint density at radius 2 is 1.94 bits per heavy atom. The van der Waals surface area contributed by atoms with Crippen LogP contribution in [0.3, 0.4) is 0 Å². The van der Waals surface area contributed by atoms with Crippen LogP contribution in [0.1, 0.15) is 62.5 Å². The van der Waals surface area contributed by atoms with Crippen molar-refractivity contribution in [3.63, 3.8) is 0 Å². The molecule has 2 saturated carbocycles. The molecule has 1 aromatic heterocycles. The summed E-state index contributed by atoms with van der Waals surface area (Å²) < 4.78 is 1.93. The molecule has 1 aromatic rings. The van der Waals surface area contributed by atoms with Crippen molar-refractivity contribution < 1.29 is 9.90 Å². The lowest BCUT2D eigenvalue weighted by atomic mass is 9.76. The third kappa shape index (κ3) is 1.49. The van der Waals surface area contributed by atoms with Gasteiger partial charge in [0.2, 0.25) is 0 Å². The molecule has 2 aliphatic rings. The monoisotopic (exact) mass is 249 g/mol. The third-order valence-corrected chi connectivity index (χ3v) is 4.58. The number of carboxylic acids is 1. The summed E-state index contributed by atoms with van der Waals surface area (Å²) in [6.45, 7) is 1.87. The number of rotatable bonds is 3. The molecule has 0 amide bonds. The molecule has 0 aliphatic heterocycles. The number of carboxylic acid groups (broad SMARTS) is 1. The number of aliphatic carboxylic acids is 1. The fourth-order valence-corrected chi connectivity index (χ4v) is 3.40. The Balaban J connectivity index is 2.05. The average molecular weight is 249 g/mol. The van der Waals surface area contributed by atoms with E-state index in [9.17, 15) is 9.90 Å². The molecule has 0 bridgehead atoms. The van der Waals surface area contributed by atoms with E-state index in [-0.39, 0.29) is 0 Å². The van der Waals surface area contributed by atoms with Gasteiger partial charge in [0, 0.05) is 5.92 Å². The van der Waals surface area contributed by atoms with Crippen LogP contribution < -0.4 is 0 Å². The summed E-state index contributed by atoms with van der Waals surface area (Å²) in [5.74, 6) is 1.34. The van der Waals surface area contributed by atoms with E-state index >= 15 is 0 Å². The summed E-state index contributed by atoms with van der Waals surface area (Å²) in [4.78, 5) is 11.6. The van der Waals surface area contributed by atoms with Gasteiger partial charge < -0.3 is 5.11 Å². The molecule has 2 aliphatic carbocycles. The summed E-state index contributed by atoms with van der Waals surface area (Å²) in [7, 11) is 0. The van der Waals surface area contributed by atoms with Crippen molar-refractivity contribution in [2.45, 2.75) is 63.3 Å². The van der Waals surface area contributed by atoms with Gasteiger partial charge in [-0.3, -0.25) is 4.57 Å². The predicted molar refractivity (Wildman–Crippen MR) is 65.4 cm³/mol. The molecular formula is C13H19N3O2. The van der Waals surface area contributed by atoms with Crippen molar-refractivity contribution in [1.82, 2.24) is 14.8 Å². The van der Waals surface area contributed by atoms with Gasteiger partial charge in [0.1, 0.15) is 17.2 Å². The Morgan fingerprint density at radius 1 is 1.28 bits per heavy atom. The second-order valence-corrected chi connectivity index (χ2v) is 5.61. The van der Waals surface area contributed by atoms with Crippen LogP contribution in [0.2, 0.25) is 0 Å². The predicted octanol–water partition coefficient (Wildman–Crippen LogP) is 2.21. The van der Waals surface area contributed by atoms with Crippen LogP contribution in [0, 0.1) is 6.92 Å². The third-order valence-electron chi connectivity index (χ3n) is 4.58. The molecule has 1 heterocycles. The number of carbonyl (C=O) groups is 1. The van der Waals surface area contributed by atoms with Gasteiger partial charge in [0.15, 0.2) is 0 Å². The van der Waals surface area contributed by atoms with Gasteiger partial charge in [-0.1, -0.05) is 12.8 Å². The molecule has 18 heavy (non-hydrogen) atoms. The van der Waals surface area contributed by atoms with Crippen LogP contribution in [0.25, 0.3) is 0 Å². The molecule has 0 unspecified atom stereocenters. The lowest BCUT2D eigenvalue weighted by Crippen LogP contribution is -2.49. The second-order valence-electron chi connectivity index (χ2n) is 5.61. The Morgan fingerprint density at radius 3 is 2.44 bits per heavy atom. The molecule has 1 N–H and O–H groups in total. The fourth-order valence-electron chi connectivity index (χ4n) is 3.40. The number of hydrogen-bond acceptors (Lipinski definition) is 3. The minimum absolute atomic E-state index is 0.406. The molecule has 0 atom stereocenters. The summed E-state index contributed by atoms with van der Waals surface area (Å²) >= 11 is 0. The molecule has 0 spiro atoms. The van der Waals surface area contributed by atoms with Gasteiger partial charge in [-0.05, 0) is 39.0 Å². The molecule has 3 rings (SSSR count). The zero-order valence-electron chi connectivity index (χ0n) is 10.7. The van der Waals surface area contributed by atoms with Crippen LogP contribution in [-0.2, 0) is 10.3 Å². The van der Waals surface area contributed by atoms with Gasteiger partial charge in [-0.25, -0.2) is 4.79 Å². The van der Waals surface area contributed by atoms with Crippen molar-refractivity contribution in [2.24, 2.45) is 0 Å². The van der Waals surface area contributed by atoms with E-state index in [2.05, 4.69) is 10.2 Å². The lowest BCUT2D eigenvalue weighted by molar-refractivity contribution is -0.152. The van der Waals surface area contributed by atoms with Crippen molar-refractivity contribution >= 4 is 5.97 Å². The number of hydrogen-bond donors (Lipinski definition) is 1. The molecular weight excluding hydrogens is 230 g/mol. The van der Waals surface area contributed by atoms with E-state index in [0.29, 0.717) is 18.8 Å². The molecule has 5 nitrogen and oxygen atoms in total. The van der Waals surface area contributed by atoms with Gasteiger partial charge in [-0.15, -0.1) is 10.2 Å². The van der Waals surface area contributed by atoms with Crippen LogP contribution in [0.4, 0.5) is 0 Å². The van der Waals surface area contributed by atoms with Crippen LogP contribution in [0.15, 0.2) is 0 Å². The smallest absolute Gasteiger partial charge is 0.329 e. The zero-order valence-corrected chi connectivity index (χ0v) is 10.7. The van der Waals surface area contributed by atoms with Crippen LogP contribution in [0.5, 0.6) is 0 Å². The van der Waals surface area contributed by atoms with E-state index in [1.165, 1.54) is 12.8 Å². The van der Waals surface area contributed by atoms with E-state index in [1.807, 2.05) is 11.5 Å². The minimum atomic E-state index is -0.758. The summed E-state index contributed by atoms with van der Waals surface area (Å²) in [5, 5.41) is 18.0. The number of aryl methyl sites for hydroxylation is 1. The topological polar surface area (TPSA) is 68.0 Å². The first-order valence-electron chi connectivity index (χ1n) is 6.81. The maximum atomic E-state index is 11.6. The SMILES string of the molecule is Cc1nnc(C2CCCC2)n1C1(C(=O)O)CCC1. The van der Waals surface area contributed by atoms with Crippen molar-refractivity contribution in [2.75, 3.05) is 0 Å². The Hall–Kier alpha value is -1.39. The maximum absolute atomic E-state index is 11.6. The molecule has 2 fully saturated rings. The van der Waals surface area contributed by atoms with Gasteiger partial charge >= 0.3 is 5.97 Å². The summed E-state index contributed by atoms with van der Waals surface area (Å²) in [6, 6.07) is 0. The highest BCUT2D eigenvalue weighted by molar-refractivity contribution is 5.78. The highest BCUT2D eigenvalue weighted by atomic mass is 16.4. The van der Waals surface area contributed by atoms with Crippen molar-refractivity contribution in [3.05, 3.63) is 11.6 Å².